The molecule has 0 saturated carbocycles. The van der Waals surface area contributed by atoms with E-state index in [1.54, 1.807) is 18.5 Å². The van der Waals surface area contributed by atoms with E-state index in [-0.39, 0.29) is 6.61 Å². The fraction of sp³-hybridized carbons (Fsp3) is 0.588. The van der Waals surface area contributed by atoms with Crippen LogP contribution < -0.4 is 4.57 Å². The molecule has 0 bridgehead atoms. The van der Waals surface area contributed by atoms with Gasteiger partial charge in [-0.2, -0.15) is 0 Å². The number of rotatable bonds is 6. The van der Waals surface area contributed by atoms with Crippen molar-refractivity contribution in [3.8, 4) is 0 Å². The normalized spacial score (nSPS) is 18.8. The average molecular weight is 362 g/mol. The van der Waals surface area contributed by atoms with Crippen molar-refractivity contribution in [2.24, 2.45) is 4.99 Å². The average Bonchev–Trinajstić information content (AvgIpc) is 3.10. The molecular formula is C17H24N5O4+. The standard InChI is InChI=1S/C17H24N5O4/c1-5-7-8-20-11(3)9-21-13-14(18-16(20)21)19(4)17(25)22(15(13)24)10-12(23)26-6-2/h9,13H,5-8,10H2,1-4H3/q+1. The summed E-state index contributed by atoms with van der Waals surface area (Å²) in [6.45, 7) is 6.35. The maximum Gasteiger partial charge on any atom is 0.401 e. The van der Waals surface area contributed by atoms with Crippen LogP contribution in [0.2, 0.25) is 0 Å². The molecule has 26 heavy (non-hydrogen) atoms. The fourth-order valence-electron chi connectivity index (χ4n) is 3.30. The lowest BCUT2D eigenvalue weighted by Gasteiger charge is -2.32. The highest BCUT2D eigenvalue weighted by molar-refractivity contribution is 6.19. The number of urea groups is 1. The fourth-order valence-corrected chi connectivity index (χ4v) is 3.30. The van der Waals surface area contributed by atoms with Gasteiger partial charge in [-0.25, -0.2) is 18.8 Å². The molecule has 0 radical (unpaired) electrons. The Labute approximate surface area is 151 Å². The molecule has 9 nitrogen and oxygen atoms in total. The number of hydrogen-bond donors (Lipinski definition) is 0. The van der Waals surface area contributed by atoms with Crippen molar-refractivity contribution in [2.75, 3.05) is 20.2 Å². The van der Waals surface area contributed by atoms with E-state index in [9.17, 15) is 14.4 Å². The molecule has 2 aliphatic rings. The number of amides is 3. The number of hydrogen-bond acceptors (Lipinski definition) is 5. The minimum absolute atomic E-state index is 0.194. The molecule has 1 fully saturated rings. The van der Waals surface area contributed by atoms with E-state index in [1.807, 2.05) is 13.1 Å². The van der Waals surface area contributed by atoms with Gasteiger partial charge in [-0.1, -0.05) is 18.3 Å². The van der Waals surface area contributed by atoms with Crippen LogP contribution in [0.15, 0.2) is 11.2 Å². The van der Waals surface area contributed by atoms with Gasteiger partial charge in [0.05, 0.1) is 13.2 Å². The van der Waals surface area contributed by atoms with Crippen LogP contribution in [0.25, 0.3) is 0 Å². The monoisotopic (exact) mass is 362 g/mol. The maximum atomic E-state index is 13.0. The number of esters is 1. The van der Waals surface area contributed by atoms with Crippen molar-refractivity contribution in [1.82, 2.24) is 14.4 Å². The van der Waals surface area contributed by atoms with Crippen LogP contribution in [0.5, 0.6) is 0 Å². The summed E-state index contributed by atoms with van der Waals surface area (Å²) in [7, 11) is 1.56. The maximum absolute atomic E-state index is 13.0. The number of fused-ring (bicyclic) bond motifs is 3. The highest BCUT2D eigenvalue weighted by Crippen LogP contribution is 2.29. The van der Waals surface area contributed by atoms with Crippen LogP contribution >= 0.6 is 0 Å². The van der Waals surface area contributed by atoms with Crippen molar-refractivity contribution < 1.29 is 23.7 Å². The number of nitrogens with zero attached hydrogens (tertiary/aromatic N) is 5. The van der Waals surface area contributed by atoms with Gasteiger partial charge in [-0.15, -0.1) is 0 Å². The van der Waals surface area contributed by atoms with Crippen LogP contribution in [0.3, 0.4) is 0 Å². The third kappa shape index (κ3) is 2.77. The number of amidine groups is 1. The first-order valence-corrected chi connectivity index (χ1v) is 8.85. The molecular weight excluding hydrogens is 338 g/mol. The molecule has 1 aromatic heterocycles. The van der Waals surface area contributed by atoms with Gasteiger partial charge in [-0.3, -0.25) is 14.5 Å². The lowest BCUT2D eigenvalue weighted by molar-refractivity contribution is -0.677. The largest absolute Gasteiger partial charge is 0.465 e. The molecule has 0 spiro atoms. The number of likely N-dealkylation sites (N-methyl/N-ethyl adjacent to an activating group) is 1. The van der Waals surface area contributed by atoms with Crippen LogP contribution in [0.4, 0.5) is 10.7 Å². The number of aliphatic imine (C=N–C) groups is 1. The van der Waals surface area contributed by atoms with Crippen LogP contribution in [-0.2, 0) is 20.9 Å². The van der Waals surface area contributed by atoms with E-state index in [0.29, 0.717) is 11.8 Å². The summed E-state index contributed by atoms with van der Waals surface area (Å²) in [5.41, 5.74) is 1.00. The third-order valence-corrected chi connectivity index (χ3v) is 4.65. The van der Waals surface area contributed by atoms with Gasteiger partial charge >= 0.3 is 17.9 Å². The van der Waals surface area contributed by atoms with Crippen molar-refractivity contribution in [2.45, 2.75) is 46.2 Å². The van der Waals surface area contributed by atoms with Gasteiger partial charge < -0.3 is 4.74 Å². The molecule has 1 saturated heterocycles. The number of imidazole rings is 1. The van der Waals surface area contributed by atoms with E-state index >= 15 is 0 Å². The molecule has 3 amide bonds. The van der Waals surface area contributed by atoms with E-state index in [4.69, 9.17) is 4.74 Å². The Morgan fingerprint density at radius 3 is 2.73 bits per heavy atom. The first-order valence-electron chi connectivity index (χ1n) is 8.85. The van der Waals surface area contributed by atoms with Crippen LogP contribution in [0, 0.1) is 6.92 Å². The zero-order chi connectivity index (χ0) is 19.0. The smallest absolute Gasteiger partial charge is 0.401 e. The summed E-state index contributed by atoms with van der Waals surface area (Å²) in [6.07, 6.45) is 3.91. The van der Waals surface area contributed by atoms with Crippen molar-refractivity contribution in [3.63, 3.8) is 0 Å². The van der Waals surface area contributed by atoms with E-state index < -0.39 is 30.5 Å². The second-order valence-electron chi connectivity index (χ2n) is 6.43. The molecule has 140 valence electrons. The number of aryl methyl sites for hydroxylation is 1. The third-order valence-electron chi connectivity index (χ3n) is 4.65. The quantitative estimate of drug-likeness (QED) is 0.556. The molecule has 3 heterocycles. The first kappa shape index (κ1) is 18.1. The Kier molecular flexibility index (Phi) is 4.80. The van der Waals surface area contributed by atoms with E-state index in [0.717, 1.165) is 30.0 Å². The Morgan fingerprint density at radius 1 is 1.35 bits per heavy atom. The van der Waals surface area contributed by atoms with Gasteiger partial charge in [0.1, 0.15) is 18.4 Å². The van der Waals surface area contributed by atoms with Crippen molar-refractivity contribution >= 4 is 29.7 Å². The molecule has 1 atom stereocenters. The lowest BCUT2D eigenvalue weighted by Crippen LogP contribution is -2.63. The van der Waals surface area contributed by atoms with Gasteiger partial charge in [0.15, 0.2) is 0 Å². The molecule has 2 aliphatic heterocycles. The summed E-state index contributed by atoms with van der Waals surface area (Å²) in [5, 5.41) is 0. The molecule has 0 aromatic carbocycles. The highest BCUT2D eigenvalue weighted by atomic mass is 16.5. The van der Waals surface area contributed by atoms with Crippen molar-refractivity contribution in [1.29, 1.82) is 0 Å². The minimum atomic E-state index is -0.733. The topological polar surface area (TPSA) is 88.1 Å². The SMILES string of the molecule is CCCCn1c(C)c[n+]2c1N=C1C2C(=O)N(CC(=O)OCC)C(=O)N1C. The number of carbonyl (C=O) groups is 3. The number of carbonyl (C=O) groups excluding carboxylic acids is 3. The molecule has 0 aliphatic carbocycles. The Morgan fingerprint density at radius 2 is 2.08 bits per heavy atom. The first-order chi connectivity index (χ1) is 12.4. The summed E-state index contributed by atoms with van der Waals surface area (Å²) in [5.74, 6) is -0.0264. The lowest BCUT2D eigenvalue weighted by atomic mass is 10.1. The number of ether oxygens (including phenoxy) is 1. The summed E-state index contributed by atoms with van der Waals surface area (Å²) < 4.78 is 8.71. The van der Waals surface area contributed by atoms with Gasteiger partial charge in [0.2, 0.25) is 11.9 Å². The van der Waals surface area contributed by atoms with Gasteiger partial charge in [0, 0.05) is 7.05 Å². The number of unbranched alkanes of at least 4 members (excludes halogenated alkanes) is 1. The Hall–Kier alpha value is -2.71. The number of aromatic nitrogens is 2. The summed E-state index contributed by atoms with van der Waals surface area (Å²) >= 11 is 0. The Bertz CT molecular complexity index is 797. The van der Waals surface area contributed by atoms with Crippen LogP contribution in [-0.4, -0.2) is 58.3 Å². The Balaban J connectivity index is 1.95. The van der Waals surface area contributed by atoms with Crippen molar-refractivity contribution in [3.05, 3.63) is 11.9 Å². The predicted molar refractivity (Wildman–Crippen MR) is 91.9 cm³/mol. The molecule has 9 heteroatoms. The van der Waals surface area contributed by atoms with Crippen LogP contribution in [0.1, 0.15) is 38.4 Å². The second-order valence-corrected chi connectivity index (χ2v) is 6.43. The predicted octanol–water partition coefficient (Wildman–Crippen LogP) is 0.926. The zero-order valence-electron chi connectivity index (χ0n) is 15.6. The minimum Gasteiger partial charge on any atom is -0.465 e. The van der Waals surface area contributed by atoms with Gasteiger partial charge in [-0.05, 0) is 20.3 Å². The molecule has 3 rings (SSSR count). The summed E-state index contributed by atoms with van der Waals surface area (Å²) in [6, 6.07) is -1.30. The molecule has 1 unspecified atom stereocenters. The second kappa shape index (κ2) is 6.89. The van der Waals surface area contributed by atoms with Gasteiger partial charge in [0.25, 0.3) is 5.91 Å². The van der Waals surface area contributed by atoms with E-state index in [1.165, 1.54) is 4.90 Å². The highest BCUT2D eigenvalue weighted by Gasteiger charge is 2.53. The summed E-state index contributed by atoms with van der Waals surface area (Å²) in [4.78, 5) is 44.1. The molecule has 0 N–H and O–H groups in total. The number of imide groups is 1. The van der Waals surface area contributed by atoms with E-state index in [2.05, 4.69) is 16.5 Å². The molecule has 1 aromatic rings. The zero-order valence-corrected chi connectivity index (χ0v) is 15.6.